The molecule has 2 aromatic heterocycles. The minimum atomic E-state index is -0.680. The van der Waals surface area contributed by atoms with E-state index in [4.69, 9.17) is 4.74 Å². The summed E-state index contributed by atoms with van der Waals surface area (Å²) in [5.74, 6) is -0.913. The normalized spacial score (nSPS) is 14.8. The van der Waals surface area contributed by atoms with Crippen LogP contribution in [-0.4, -0.2) is 44.1 Å². The number of amides is 1. The highest BCUT2D eigenvalue weighted by molar-refractivity contribution is 5.70. The fourth-order valence-corrected chi connectivity index (χ4v) is 3.27. The van der Waals surface area contributed by atoms with E-state index in [1.54, 1.807) is 27.9 Å². The minimum absolute atomic E-state index is 0.0323. The molecule has 0 spiro atoms. The van der Waals surface area contributed by atoms with Gasteiger partial charge in [0, 0.05) is 30.4 Å². The van der Waals surface area contributed by atoms with Gasteiger partial charge >= 0.3 is 6.09 Å². The summed E-state index contributed by atoms with van der Waals surface area (Å²) < 4.78 is 34.1. The largest absolute Gasteiger partial charge is 0.415 e. The lowest BCUT2D eigenvalue weighted by Gasteiger charge is -2.30. The molecule has 0 atom stereocenters. The van der Waals surface area contributed by atoms with Crippen molar-refractivity contribution < 1.29 is 18.3 Å². The third-order valence-corrected chi connectivity index (χ3v) is 4.90. The molecule has 0 saturated carbocycles. The standard InChI is InChI=1S/C20H19F2N5O2/c1-13-2-4-16(11-23-13)29-20(28)26-8-6-15(7-9-26)27-12-19(24-25-27)17-5-3-14(21)10-18(17)22/h2-5,10-12,15H,6-9H2,1H3. The number of hydrogen-bond acceptors (Lipinski definition) is 5. The van der Waals surface area contributed by atoms with Gasteiger partial charge in [-0.3, -0.25) is 4.98 Å². The van der Waals surface area contributed by atoms with E-state index in [1.807, 2.05) is 6.92 Å². The van der Waals surface area contributed by atoms with E-state index in [0.29, 0.717) is 37.4 Å². The van der Waals surface area contributed by atoms with Crippen LogP contribution in [0.25, 0.3) is 11.3 Å². The third kappa shape index (κ3) is 4.23. The molecule has 3 aromatic rings. The van der Waals surface area contributed by atoms with Gasteiger partial charge in [-0.05, 0) is 44.0 Å². The zero-order chi connectivity index (χ0) is 20.4. The average molecular weight is 399 g/mol. The molecule has 1 fully saturated rings. The number of benzene rings is 1. The number of piperidine rings is 1. The summed E-state index contributed by atoms with van der Waals surface area (Å²) >= 11 is 0. The van der Waals surface area contributed by atoms with Gasteiger partial charge < -0.3 is 9.64 Å². The van der Waals surface area contributed by atoms with E-state index in [1.165, 1.54) is 18.3 Å². The Morgan fingerprint density at radius 2 is 1.97 bits per heavy atom. The molecule has 0 aliphatic carbocycles. The van der Waals surface area contributed by atoms with E-state index < -0.39 is 17.7 Å². The van der Waals surface area contributed by atoms with Gasteiger partial charge in [0.05, 0.1) is 18.4 Å². The molecule has 4 rings (SSSR count). The molecule has 0 unspecified atom stereocenters. The molecule has 0 radical (unpaired) electrons. The van der Waals surface area contributed by atoms with E-state index in [-0.39, 0.29) is 11.6 Å². The maximum atomic E-state index is 13.9. The fraction of sp³-hybridized carbons (Fsp3) is 0.300. The molecule has 9 heteroatoms. The van der Waals surface area contributed by atoms with Crippen molar-refractivity contribution in [3.8, 4) is 17.0 Å². The van der Waals surface area contributed by atoms with Gasteiger partial charge in [-0.2, -0.15) is 0 Å². The number of hydrogen-bond donors (Lipinski definition) is 0. The van der Waals surface area contributed by atoms with Crippen molar-refractivity contribution in [2.24, 2.45) is 0 Å². The molecule has 1 aliphatic heterocycles. The number of halogens is 2. The first-order valence-electron chi connectivity index (χ1n) is 9.26. The Labute approximate surface area is 165 Å². The molecule has 7 nitrogen and oxygen atoms in total. The predicted molar refractivity (Wildman–Crippen MR) is 100 cm³/mol. The first-order chi connectivity index (χ1) is 14.0. The quantitative estimate of drug-likeness (QED) is 0.671. The number of ether oxygens (including phenoxy) is 1. The molecule has 29 heavy (non-hydrogen) atoms. The summed E-state index contributed by atoms with van der Waals surface area (Å²) in [5, 5.41) is 8.10. The van der Waals surface area contributed by atoms with Gasteiger partial charge in [-0.15, -0.1) is 5.10 Å². The average Bonchev–Trinajstić information content (AvgIpc) is 3.20. The van der Waals surface area contributed by atoms with Crippen molar-refractivity contribution in [2.75, 3.05) is 13.1 Å². The number of aromatic nitrogens is 4. The fourth-order valence-electron chi connectivity index (χ4n) is 3.27. The number of aryl methyl sites for hydroxylation is 1. The molecule has 1 aromatic carbocycles. The van der Waals surface area contributed by atoms with Gasteiger partial charge in [0.15, 0.2) is 5.75 Å². The van der Waals surface area contributed by atoms with Crippen LogP contribution in [0.5, 0.6) is 5.75 Å². The Morgan fingerprint density at radius 3 is 2.66 bits per heavy atom. The second-order valence-electron chi connectivity index (χ2n) is 6.93. The summed E-state index contributed by atoms with van der Waals surface area (Å²) in [6, 6.07) is 6.87. The van der Waals surface area contributed by atoms with Gasteiger partial charge in [-0.25, -0.2) is 18.3 Å². The highest BCUT2D eigenvalue weighted by atomic mass is 19.1. The van der Waals surface area contributed by atoms with E-state index in [9.17, 15) is 13.6 Å². The molecule has 1 amide bonds. The predicted octanol–water partition coefficient (Wildman–Crippen LogP) is 3.76. The second kappa shape index (κ2) is 7.94. The number of pyridine rings is 1. The van der Waals surface area contributed by atoms with Gasteiger partial charge in [0.2, 0.25) is 0 Å². The SMILES string of the molecule is Cc1ccc(OC(=O)N2CCC(n3cc(-c4ccc(F)cc4F)nn3)CC2)cn1. The maximum Gasteiger partial charge on any atom is 0.415 e. The molecular weight excluding hydrogens is 380 g/mol. The van der Waals surface area contributed by atoms with Crippen molar-refractivity contribution in [1.29, 1.82) is 0 Å². The van der Waals surface area contributed by atoms with Gasteiger partial charge in [0.25, 0.3) is 0 Å². The van der Waals surface area contributed by atoms with Crippen molar-refractivity contribution in [1.82, 2.24) is 24.9 Å². The summed E-state index contributed by atoms with van der Waals surface area (Å²) in [6.45, 7) is 2.86. The second-order valence-corrected chi connectivity index (χ2v) is 6.93. The number of carbonyl (C=O) groups is 1. The third-order valence-electron chi connectivity index (χ3n) is 4.90. The van der Waals surface area contributed by atoms with Crippen LogP contribution in [0.2, 0.25) is 0 Å². The zero-order valence-electron chi connectivity index (χ0n) is 15.8. The maximum absolute atomic E-state index is 13.9. The highest BCUT2D eigenvalue weighted by Gasteiger charge is 2.26. The number of carbonyl (C=O) groups excluding carboxylic acids is 1. The van der Waals surface area contributed by atoms with Crippen LogP contribution < -0.4 is 4.74 Å². The van der Waals surface area contributed by atoms with Crippen LogP contribution in [0, 0.1) is 18.6 Å². The van der Waals surface area contributed by atoms with Gasteiger partial charge in [-0.1, -0.05) is 5.21 Å². The molecule has 0 N–H and O–H groups in total. The minimum Gasteiger partial charge on any atom is -0.409 e. The smallest absolute Gasteiger partial charge is 0.409 e. The summed E-state index contributed by atoms with van der Waals surface area (Å²) in [5.41, 5.74) is 1.39. The van der Waals surface area contributed by atoms with Crippen LogP contribution in [0.3, 0.4) is 0 Å². The van der Waals surface area contributed by atoms with Gasteiger partial charge in [0.1, 0.15) is 17.3 Å². The first-order valence-corrected chi connectivity index (χ1v) is 9.26. The van der Waals surface area contributed by atoms with E-state index >= 15 is 0 Å². The Kier molecular flexibility index (Phi) is 5.20. The molecule has 1 aliphatic rings. The highest BCUT2D eigenvalue weighted by Crippen LogP contribution is 2.26. The number of rotatable bonds is 3. The molecule has 0 bridgehead atoms. The van der Waals surface area contributed by atoms with Crippen molar-refractivity contribution in [3.05, 3.63) is 60.1 Å². The van der Waals surface area contributed by atoms with Crippen LogP contribution in [0.4, 0.5) is 13.6 Å². The lowest BCUT2D eigenvalue weighted by molar-refractivity contribution is 0.129. The Bertz CT molecular complexity index is 1010. The molecular formula is C20H19F2N5O2. The van der Waals surface area contributed by atoms with Crippen LogP contribution >= 0.6 is 0 Å². The first kappa shape index (κ1) is 19.0. The molecule has 1 saturated heterocycles. The van der Waals surface area contributed by atoms with E-state index in [2.05, 4.69) is 15.3 Å². The van der Waals surface area contributed by atoms with Crippen LogP contribution in [-0.2, 0) is 0 Å². The van der Waals surface area contributed by atoms with Crippen LogP contribution in [0.15, 0.2) is 42.7 Å². The lowest BCUT2D eigenvalue weighted by atomic mass is 10.1. The van der Waals surface area contributed by atoms with Crippen molar-refractivity contribution >= 4 is 6.09 Å². The summed E-state index contributed by atoms with van der Waals surface area (Å²) in [6.07, 6.45) is 4.08. The monoisotopic (exact) mass is 399 g/mol. The van der Waals surface area contributed by atoms with Crippen molar-refractivity contribution in [2.45, 2.75) is 25.8 Å². The zero-order valence-corrected chi connectivity index (χ0v) is 15.8. The summed E-state index contributed by atoms with van der Waals surface area (Å²) in [4.78, 5) is 18.1. The summed E-state index contributed by atoms with van der Waals surface area (Å²) in [7, 11) is 0. The molecule has 3 heterocycles. The molecule has 150 valence electrons. The number of nitrogens with zero attached hydrogens (tertiary/aromatic N) is 5. The Balaban J connectivity index is 1.36. The van der Waals surface area contributed by atoms with Crippen LogP contribution in [0.1, 0.15) is 24.6 Å². The number of likely N-dealkylation sites (tertiary alicyclic amines) is 1. The Morgan fingerprint density at radius 1 is 1.17 bits per heavy atom. The lowest BCUT2D eigenvalue weighted by Crippen LogP contribution is -2.40. The van der Waals surface area contributed by atoms with Crippen molar-refractivity contribution in [3.63, 3.8) is 0 Å². The Hall–Kier alpha value is -3.36. The van der Waals surface area contributed by atoms with E-state index in [0.717, 1.165) is 11.8 Å². The topological polar surface area (TPSA) is 73.1 Å².